The molecule has 1 aliphatic heterocycles. The van der Waals surface area contributed by atoms with E-state index in [4.69, 9.17) is 9.47 Å². The van der Waals surface area contributed by atoms with Gasteiger partial charge in [0.2, 0.25) is 5.78 Å². The predicted molar refractivity (Wildman–Crippen MR) is 135 cm³/mol. The number of hydrogen-bond donors (Lipinski definition) is 1. The number of ketones is 1. The number of aromatic nitrogens is 1. The molecular weight excluding hydrogens is 464 g/mol. The predicted octanol–water partition coefficient (Wildman–Crippen LogP) is 5.13. The minimum atomic E-state index is -0.816. The molecule has 2 heterocycles. The van der Waals surface area contributed by atoms with Gasteiger partial charge >= 0.3 is 0 Å². The Hall–Kier alpha value is -3.49. The number of carbonyl (C=O) groups is 2. The maximum absolute atomic E-state index is 13.9. The number of methoxy groups -OCH3 is 1. The van der Waals surface area contributed by atoms with Gasteiger partial charge in [0.05, 0.1) is 42.0 Å². The van der Waals surface area contributed by atoms with Crippen molar-refractivity contribution in [3.63, 3.8) is 0 Å². The summed E-state index contributed by atoms with van der Waals surface area (Å²) in [5.41, 5.74) is 2.09. The van der Waals surface area contributed by atoms with Gasteiger partial charge in [-0.25, -0.2) is 4.98 Å². The van der Waals surface area contributed by atoms with Crippen LogP contribution in [0.15, 0.2) is 65.9 Å². The van der Waals surface area contributed by atoms with Gasteiger partial charge in [0.1, 0.15) is 10.8 Å². The highest BCUT2D eigenvalue weighted by Gasteiger charge is 2.45. The molecule has 2 aromatic carbocycles. The Balaban J connectivity index is 1.77. The minimum absolute atomic E-state index is 0.0173. The van der Waals surface area contributed by atoms with Gasteiger partial charge in [0.15, 0.2) is 5.76 Å². The average Bonchev–Trinajstić information content (AvgIpc) is 3.37. The number of amides is 1. The Morgan fingerprint density at radius 3 is 2.51 bits per heavy atom. The third kappa shape index (κ3) is 4.85. The lowest BCUT2D eigenvalue weighted by molar-refractivity contribution is -0.130. The molecule has 182 valence electrons. The largest absolute Gasteiger partial charge is 0.503 e. The Morgan fingerprint density at radius 1 is 1.14 bits per heavy atom. The van der Waals surface area contributed by atoms with E-state index >= 15 is 0 Å². The molecule has 0 spiro atoms. The van der Waals surface area contributed by atoms with E-state index in [0.29, 0.717) is 26.9 Å². The maximum atomic E-state index is 13.9. The zero-order valence-electron chi connectivity index (χ0n) is 20.1. The van der Waals surface area contributed by atoms with Crippen LogP contribution in [0.2, 0.25) is 0 Å². The number of benzene rings is 2. The number of hydrogen-bond acceptors (Lipinski definition) is 7. The molecule has 0 radical (unpaired) electrons. The number of rotatable bonds is 9. The molecule has 0 fully saturated rings. The minimum Gasteiger partial charge on any atom is -0.503 e. The fraction of sp³-hybridized carbons (Fsp3) is 0.296. The van der Waals surface area contributed by atoms with Gasteiger partial charge in [-0.2, -0.15) is 0 Å². The summed E-state index contributed by atoms with van der Waals surface area (Å²) in [5.74, 6) is -1.06. The fourth-order valence-electron chi connectivity index (χ4n) is 4.15. The number of Topliss-reactive ketones (excluding diaryl/α,β-unsaturated/α-hetero) is 1. The molecule has 1 aliphatic rings. The molecule has 0 aliphatic carbocycles. The van der Waals surface area contributed by atoms with Crippen LogP contribution in [0, 0.1) is 6.92 Å². The smallest absolute Gasteiger partial charge is 0.290 e. The monoisotopic (exact) mass is 492 g/mol. The van der Waals surface area contributed by atoms with Gasteiger partial charge in [-0.15, -0.1) is 11.3 Å². The lowest BCUT2D eigenvalue weighted by atomic mass is 9.94. The molecule has 1 unspecified atom stereocenters. The third-order valence-corrected chi connectivity index (χ3v) is 6.99. The zero-order valence-corrected chi connectivity index (χ0v) is 21.0. The Morgan fingerprint density at radius 2 is 1.83 bits per heavy atom. The van der Waals surface area contributed by atoms with Crippen LogP contribution in [-0.2, 0) is 9.53 Å². The van der Waals surface area contributed by atoms with Crippen molar-refractivity contribution in [2.75, 3.05) is 20.3 Å². The van der Waals surface area contributed by atoms with Crippen molar-refractivity contribution in [3.05, 3.63) is 82.1 Å². The molecule has 8 heteroatoms. The highest BCUT2D eigenvalue weighted by Crippen LogP contribution is 2.43. The van der Waals surface area contributed by atoms with Crippen LogP contribution in [-0.4, -0.2) is 53.0 Å². The molecule has 4 rings (SSSR count). The van der Waals surface area contributed by atoms with Crippen molar-refractivity contribution in [1.29, 1.82) is 0 Å². The van der Waals surface area contributed by atoms with E-state index < -0.39 is 23.5 Å². The molecule has 1 N–H and O–H groups in total. The molecule has 0 saturated carbocycles. The Kier molecular flexibility index (Phi) is 7.33. The average molecular weight is 493 g/mol. The number of aryl methyl sites for hydroxylation is 1. The van der Waals surface area contributed by atoms with E-state index in [-0.39, 0.29) is 24.8 Å². The van der Waals surface area contributed by atoms with Crippen molar-refractivity contribution in [2.24, 2.45) is 0 Å². The van der Waals surface area contributed by atoms with Gasteiger partial charge < -0.3 is 19.5 Å². The normalized spacial score (nSPS) is 15.9. The molecule has 1 amide bonds. The first kappa shape index (κ1) is 24.6. The molecular formula is C27H28N2O5S. The lowest BCUT2D eigenvalue weighted by Crippen LogP contribution is -2.34. The highest BCUT2D eigenvalue weighted by molar-refractivity contribution is 7.17. The van der Waals surface area contributed by atoms with E-state index in [1.54, 1.807) is 19.1 Å². The van der Waals surface area contributed by atoms with Crippen molar-refractivity contribution in [1.82, 2.24) is 9.88 Å². The number of aliphatic hydroxyl groups is 1. The standard InChI is InChI=1S/C27H28N2O5S/c1-16(2)34-15-14-29-22(19-12-8-9-13-20(19)33-4)21(24(31)27(29)32)23(30)25-17(3)28-26(35-25)18-10-6-5-7-11-18/h5-13,16,22,31H,14-15H2,1-4H3. The van der Waals surface area contributed by atoms with Crippen molar-refractivity contribution in [3.8, 4) is 16.3 Å². The number of thiazole rings is 1. The van der Waals surface area contributed by atoms with Gasteiger partial charge in [0.25, 0.3) is 5.91 Å². The second-order valence-corrected chi connectivity index (χ2v) is 9.45. The third-order valence-electron chi connectivity index (χ3n) is 5.79. The Labute approximate surface area is 208 Å². The number of ether oxygens (including phenoxy) is 2. The van der Waals surface area contributed by atoms with Crippen LogP contribution in [0.4, 0.5) is 0 Å². The molecule has 0 saturated heterocycles. The van der Waals surface area contributed by atoms with Crippen LogP contribution >= 0.6 is 11.3 Å². The van der Waals surface area contributed by atoms with E-state index in [1.165, 1.54) is 23.3 Å². The van der Waals surface area contributed by atoms with Gasteiger partial charge in [-0.3, -0.25) is 9.59 Å². The van der Waals surface area contributed by atoms with Gasteiger partial charge in [-0.1, -0.05) is 48.5 Å². The van der Waals surface area contributed by atoms with Crippen LogP contribution in [0.5, 0.6) is 5.75 Å². The van der Waals surface area contributed by atoms with Crippen LogP contribution < -0.4 is 4.74 Å². The number of para-hydroxylation sites is 1. The van der Waals surface area contributed by atoms with Crippen molar-refractivity contribution in [2.45, 2.75) is 32.9 Å². The fourth-order valence-corrected chi connectivity index (χ4v) is 5.18. The van der Waals surface area contributed by atoms with Gasteiger partial charge in [-0.05, 0) is 26.8 Å². The van der Waals surface area contributed by atoms with E-state index in [1.807, 2.05) is 56.3 Å². The van der Waals surface area contributed by atoms with Crippen LogP contribution in [0.3, 0.4) is 0 Å². The summed E-state index contributed by atoms with van der Waals surface area (Å²) in [6, 6.07) is 16.0. The van der Waals surface area contributed by atoms with Crippen molar-refractivity contribution >= 4 is 23.0 Å². The maximum Gasteiger partial charge on any atom is 0.290 e. The first-order valence-electron chi connectivity index (χ1n) is 11.4. The molecule has 3 aromatic rings. The summed E-state index contributed by atoms with van der Waals surface area (Å²) >= 11 is 1.25. The highest BCUT2D eigenvalue weighted by atomic mass is 32.1. The first-order chi connectivity index (χ1) is 16.8. The Bertz CT molecular complexity index is 1270. The van der Waals surface area contributed by atoms with Crippen LogP contribution in [0.1, 0.15) is 40.8 Å². The van der Waals surface area contributed by atoms with Gasteiger partial charge in [0, 0.05) is 17.7 Å². The summed E-state index contributed by atoms with van der Waals surface area (Å²) < 4.78 is 11.2. The van der Waals surface area contributed by atoms with E-state index in [9.17, 15) is 14.7 Å². The molecule has 35 heavy (non-hydrogen) atoms. The topological polar surface area (TPSA) is 89.0 Å². The van der Waals surface area contributed by atoms with Crippen LogP contribution in [0.25, 0.3) is 10.6 Å². The summed E-state index contributed by atoms with van der Waals surface area (Å²) in [6.45, 7) is 6.05. The molecule has 7 nitrogen and oxygen atoms in total. The SMILES string of the molecule is COc1ccccc1C1C(C(=O)c2sc(-c3ccccc3)nc2C)=C(O)C(=O)N1CCOC(C)C. The summed E-state index contributed by atoms with van der Waals surface area (Å²) in [6.07, 6.45) is -0.0173. The van der Waals surface area contributed by atoms with Crippen molar-refractivity contribution < 1.29 is 24.2 Å². The second kappa shape index (κ2) is 10.4. The number of aliphatic hydroxyl groups excluding tert-OH is 1. The molecule has 0 bridgehead atoms. The summed E-state index contributed by atoms with van der Waals surface area (Å²) in [5, 5.41) is 11.6. The molecule has 1 aromatic heterocycles. The summed E-state index contributed by atoms with van der Waals surface area (Å²) in [4.78, 5) is 33.5. The second-order valence-electron chi connectivity index (χ2n) is 8.45. The number of carbonyl (C=O) groups excluding carboxylic acids is 2. The molecule has 1 atom stereocenters. The lowest BCUT2D eigenvalue weighted by Gasteiger charge is -2.28. The van der Waals surface area contributed by atoms with E-state index in [0.717, 1.165) is 5.56 Å². The quantitative estimate of drug-likeness (QED) is 0.417. The van der Waals surface area contributed by atoms with E-state index in [2.05, 4.69) is 4.98 Å². The number of nitrogens with zero attached hydrogens (tertiary/aromatic N) is 2. The first-order valence-corrected chi connectivity index (χ1v) is 12.2. The summed E-state index contributed by atoms with van der Waals surface area (Å²) in [7, 11) is 1.53. The zero-order chi connectivity index (χ0) is 25.1.